The summed E-state index contributed by atoms with van der Waals surface area (Å²) < 4.78 is 33.4. The van der Waals surface area contributed by atoms with Crippen LogP contribution in [0.2, 0.25) is 0 Å². The number of halogens is 2. The monoisotopic (exact) mass is 521 g/mol. The molecule has 8 heteroatoms. The fourth-order valence-electron chi connectivity index (χ4n) is 4.42. The Morgan fingerprint density at radius 3 is 2.50 bits per heavy atom. The Kier molecular flexibility index (Phi) is 9.20. The first-order valence-corrected chi connectivity index (χ1v) is 13.0. The molecule has 0 saturated heterocycles. The number of fused-ring (bicyclic) bond motifs is 1. The lowest BCUT2D eigenvalue weighted by Crippen LogP contribution is -2.48. The number of aryl methyl sites for hydroxylation is 2. The quantitative estimate of drug-likeness (QED) is 0.241. The lowest BCUT2D eigenvalue weighted by atomic mass is 10.00. The number of aromatic nitrogens is 1. The molecule has 2 atom stereocenters. The van der Waals surface area contributed by atoms with Crippen molar-refractivity contribution in [2.75, 3.05) is 6.54 Å². The second-order valence-electron chi connectivity index (χ2n) is 9.47. The van der Waals surface area contributed by atoms with Gasteiger partial charge in [-0.2, -0.15) is 0 Å². The zero-order valence-electron chi connectivity index (χ0n) is 21.6. The van der Waals surface area contributed by atoms with Crippen molar-refractivity contribution in [3.63, 3.8) is 0 Å². The van der Waals surface area contributed by atoms with Gasteiger partial charge in [-0.15, -0.1) is 0 Å². The Morgan fingerprint density at radius 2 is 1.76 bits per heavy atom. The number of nitrogens with zero attached hydrogens (tertiary/aromatic N) is 1. The van der Waals surface area contributed by atoms with Gasteiger partial charge in [0.25, 0.3) is 5.91 Å². The van der Waals surface area contributed by atoms with Crippen LogP contribution in [0.25, 0.3) is 11.1 Å². The number of benzene rings is 3. The smallest absolute Gasteiger partial charge is 0.251 e. The average molecular weight is 522 g/mol. The van der Waals surface area contributed by atoms with E-state index in [9.17, 15) is 18.7 Å². The summed E-state index contributed by atoms with van der Waals surface area (Å²) in [6, 6.07) is 15.5. The van der Waals surface area contributed by atoms with Crippen molar-refractivity contribution in [1.82, 2.24) is 15.6 Å². The summed E-state index contributed by atoms with van der Waals surface area (Å²) in [5.74, 6) is -1.26. The van der Waals surface area contributed by atoms with Crippen LogP contribution < -0.4 is 10.6 Å². The zero-order chi connectivity index (χ0) is 27.1. The minimum atomic E-state index is -1.02. The van der Waals surface area contributed by atoms with Crippen LogP contribution in [0.5, 0.6) is 0 Å². The fourth-order valence-corrected chi connectivity index (χ4v) is 4.42. The van der Waals surface area contributed by atoms with Crippen LogP contribution in [0.1, 0.15) is 53.2 Å². The van der Waals surface area contributed by atoms with Crippen LogP contribution >= 0.6 is 0 Å². The molecule has 0 aliphatic heterocycles. The number of amides is 1. The van der Waals surface area contributed by atoms with Gasteiger partial charge in [-0.25, -0.2) is 13.8 Å². The van der Waals surface area contributed by atoms with Gasteiger partial charge in [0.15, 0.2) is 11.5 Å². The van der Waals surface area contributed by atoms with Crippen molar-refractivity contribution in [2.24, 2.45) is 0 Å². The highest BCUT2D eigenvalue weighted by molar-refractivity contribution is 5.97. The molecular formula is C30H33F2N3O3. The minimum absolute atomic E-state index is 0.0415. The molecule has 1 amide bonds. The number of rotatable bonds is 12. The number of aliphatic hydroxyl groups is 1. The van der Waals surface area contributed by atoms with E-state index in [0.717, 1.165) is 24.5 Å². The lowest BCUT2D eigenvalue weighted by molar-refractivity contribution is 0.0830. The van der Waals surface area contributed by atoms with Crippen molar-refractivity contribution >= 4 is 17.0 Å². The Bertz CT molecular complexity index is 1370. The number of oxazole rings is 1. The molecule has 0 aliphatic rings. The first kappa shape index (κ1) is 27.4. The van der Waals surface area contributed by atoms with E-state index in [2.05, 4.69) is 34.7 Å². The van der Waals surface area contributed by atoms with Crippen LogP contribution in [-0.4, -0.2) is 34.7 Å². The third kappa shape index (κ3) is 7.24. The van der Waals surface area contributed by atoms with E-state index in [1.165, 1.54) is 17.7 Å². The minimum Gasteiger partial charge on any atom is -0.441 e. The van der Waals surface area contributed by atoms with Gasteiger partial charge in [-0.3, -0.25) is 4.79 Å². The molecule has 4 rings (SSSR count). The van der Waals surface area contributed by atoms with Gasteiger partial charge >= 0.3 is 0 Å². The molecule has 38 heavy (non-hydrogen) atoms. The molecule has 0 saturated carbocycles. The number of carbonyl (C=O) groups is 1. The first-order valence-electron chi connectivity index (χ1n) is 13.0. The van der Waals surface area contributed by atoms with Crippen molar-refractivity contribution in [2.45, 2.75) is 58.2 Å². The predicted octanol–water partition coefficient (Wildman–Crippen LogP) is 5.11. The van der Waals surface area contributed by atoms with Gasteiger partial charge in [0, 0.05) is 31.1 Å². The lowest BCUT2D eigenvalue weighted by Gasteiger charge is -2.25. The third-order valence-electron chi connectivity index (χ3n) is 6.40. The molecule has 0 bridgehead atoms. The Morgan fingerprint density at radius 1 is 1.00 bits per heavy atom. The van der Waals surface area contributed by atoms with Crippen molar-refractivity contribution < 1.29 is 23.1 Å². The van der Waals surface area contributed by atoms with E-state index in [-0.39, 0.29) is 13.0 Å². The average Bonchev–Trinajstić information content (AvgIpc) is 3.29. The van der Waals surface area contributed by atoms with E-state index in [1.54, 1.807) is 18.2 Å². The highest BCUT2D eigenvalue weighted by atomic mass is 19.1. The Labute approximate surface area is 221 Å². The second kappa shape index (κ2) is 12.8. The highest BCUT2D eigenvalue weighted by Crippen LogP contribution is 2.19. The maximum atomic E-state index is 13.8. The SMILES string of the molecule is CCCc1nc2ccc(C(=O)N[C@@H](Cc3cc(F)cc(F)c3)[C@@H](O)CNCc3cccc(CC)c3)cc2o1. The molecule has 3 aromatic carbocycles. The Balaban J connectivity index is 1.48. The molecule has 4 aromatic rings. The molecule has 6 nitrogen and oxygen atoms in total. The summed E-state index contributed by atoms with van der Waals surface area (Å²) in [6.07, 6.45) is 1.53. The molecule has 0 fully saturated rings. The number of nitrogens with one attached hydrogen (secondary N) is 2. The van der Waals surface area contributed by atoms with Crippen LogP contribution in [0, 0.1) is 11.6 Å². The van der Waals surface area contributed by atoms with Gasteiger partial charge in [-0.05, 0) is 66.3 Å². The number of hydrogen-bond acceptors (Lipinski definition) is 5. The number of aliphatic hydroxyl groups excluding tert-OH is 1. The summed E-state index contributed by atoms with van der Waals surface area (Å²) >= 11 is 0. The van der Waals surface area contributed by atoms with Crippen LogP contribution in [0.4, 0.5) is 8.78 Å². The van der Waals surface area contributed by atoms with E-state index < -0.39 is 29.7 Å². The van der Waals surface area contributed by atoms with Gasteiger partial charge < -0.3 is 20.2 Å². The molecular weight excluding hydrogens is 488 g/mol. The van der Waals surface area contributed by atoms with Gasteiger partial charge in [0.05, 0.1) is 12.1 Å². The van der Waals surface area contributed by atoms with Crippen molar-refractivity contribution in [3.05, 3.63) is 100 Å². The molecule has 0 aliphatic carbocycles. The topological polar surface area (TPSA) is 87.4 Å². The first-order chi connectivity index (χ1) is 18.3. The van der Waals surface area contributed by atoms with E-state index in [4.69, 9.17) is 4.42 Å². The summed E-state index contributed by atoms with van der Waals surface area (Å²) in [7, 11) is 0. The largest absolute Gasteiger partial charge is 0.441 e. The summed E-state index contributed by atoms with van der Waals surface area (Å²) in [6.45, 7) is 4.81. The molecule has 0 unspecified atom stereocenters. The molecule has 200 valence electrons. The van der Waals surface area contributed by atoms with Crippen LogP contribution in [-0.2, 0) is 25.8 Å². The molecule has 0 spiro atoms. The van der Waals surface area contributed by atoms with Gasteiger partial charge in [0.2, 0.25) is 0 Å². The van der Waals surface area contributed by atoms with E-state index >= 15 is 0 Å². The van der Waals surface area contributed by atoms with Gasteiger partial charge in [0.1, 0.15) is 17.2 Å². The van der Waals surface area contributed by atoms with Crippen molar-refractivity contribution in [1.29, 1.82) is 0 Å². The highest BCUT2D eigenvalue weighted by Gasteiger charge is 2.23. The summed E-state index contributed by atoms with van der Waals surface area (Å²) in [5.41, 5.74) is 4.12. The molecule has 0 radical (unpaired) electrons. The maximum Gasteiger partial charge on any atom is 0.251 e. The molecule has 1 heterocycles. The number of hydrogen-bond donors (Lipinski definition) is 3. The van der Waals surface area contributed by atoms with Crippen LogP contribution in [0.3, 0.4) is 0 Å². The molecule has 3 N–H and O–H groups in total. The maximum absolute atomic E-state index is 13.8. The molecule has 1 aromatic heterocycles. The Hall–Kier alpha value is -3.62. The van der Waals surface area contributed by atoms with E-state index in [1.807, 2.05) is 19.1 Å². The zero-order valence-corrected chi connectivity index (χ0v) is 21.6. The number of carbonyl (C=O) groups excluding carboxylic acids is 1. The van der Waals surface area contributed by atoms with Crippen molar-refractivity contribution in [3.8, 4) is 0 Å². The standard InChI is InChI=1S/C30H33F2N3O3/c1-3-6-29-34-25-10-9-22(15-28(25)38-29)30(37)35-26(14-21-12-23(31)16-24(32)13-21)27(36)18-33-17-20-8-5-7-19(4-2)11-20/h5,7-13,15-16,26-27,33,36H,3-4,6,14,17-18H2,1-2H3,(H,35,37)/t26-,27-/m0/s1. The summed E-state index contributed by atoms with van der Waals surface area (Å²) in [4.78, 5) is 17.6. The normalized spacial score (nSPS) is 13.0. The second-order valence-corrected chi connectivity index (χ2v) is 9.47. The van der Waals surface area contributed by atoms with Crippen LogP contribution in [0.15, 0.2) is 65.1 Å². The third-order valence-corrected chi connectivity index (χ3v) is 6.40. The predicted molar refractivity (Wildman–Crippen MR) is 143 cm³/mol. The van der Waals surface area contributed by atoms with E-state index in [0.29, 0.717) is 41.1 Å². The summed E-state index contributed by atoms with van der Waals surface area (Å²) in [5, 5.41) is 17.1. The van der Waals surface area contributed by atoms with Gasteiger partial charge in [-0.1, -0.05) is 38.1 Å². The fraction of sp³-hybridized carbons (Fsp3) is 0.333.